The molecule has 26 heavy (non-hydrogen) atoms. The van der Waals surface area contributed by atoms with Gasteiger partial charge in [-0.1, -0.05) is 35.9 Å². The van der Waals surface area contributed by atoms with E-state index in [1.165, 1.54) is 15.9 Å². The number of nitrogens with one attached hydrogen (secondary N) is 1. The molecule has 134 valence electrons. The van der Waals surface area contributed by atoms with Crippen LogP contribution in [0.5, 0.6) is 0 Å². The fraction of sp³-hybridized carbons (Fsp3) is 0.250. The molecule has 6 heteroatoms. The van der Waals surface area contributed by atoms with Crippen LogP contribution in [-0.4, -0.2) is 26.0 Å². The topological polar surface area (TPSA) is 80.0 Å². The molecular weight excluding hydrogens is 328 g/mol. The van der Waals surface area contributed by atoms with Gasteiger partial charge in [-0.2, -0.15) is 4.80 Å². The quantitative estimate of drug-likeness (QED) is 0.741. The molecule has 3 aromatic rings. The van der Waals surface area contributed by atoms with Crippen LogP contribution in [0.3, 0.4) is 0 Å². The molecule has 0 fully saturated rings. The minimum Gasteiger partial charge on any atom is -0.390 e. The van der Waals surface area contributed by atoms with E-state index in [4.69, 9.17) is 0 Å². The van der Waals surface area contributed by atoms with E-state index in [0.717, 1.165) is 16.8 Å². The Hall–Kier alpha value is -2.99. The highest BCUT2D eigenvalue weighted by Crippen LogP contribution is 2.14. The van der Waals surface area contributed by atoms with Crippen molar-refractivity contribution in [1.82, 2.24) is 20.3 Å². The molecule has 0 saturated heterocycles. The van der Waals surface area contributed by atoms with E-state index >= 15 is 0 Å². The third kappa shape index (κ3) is 3.81. The Morgan fingerprint density at radius 1 is 1.04 bits per heavy atom. The Morgan fingerprint density at radius 2 is 1.77 bits per heavy atom. The summed E-state index contributed by atoms with van der Waals surface area (Å²) in [5, 5.41) is 20.9. The minimum atomic E-state index is -0.357. The molecule has 1 amide bonds. The number of amides is 1. The van der Waals surface area contributed by atoms with Crippen LogP contribution in [0, 0.1) is 20.8 Å². The molecule has 2 aromatic carbocycles. The van der Waals surface area contributed by atoms with Gasteiger partial charge in [-0.3, -0.25) is 4.79 Å². The number of carbonyl (C=O) groups excluding carboxylic acids is 1. The van der Waals surface area contributed by atoms with Crippen molar-refractivity contribution in [1.29, 1.82) is 0 Å². The average Bonchev–Trinajstić information content (AvgIpc) is 3.08. The third-order valence-corrected chi connectivity index (χ3v) is 4.34. The summed E-state index contributed by atoms with van der Waals surface area (Å²) in [6.07, 6.45) is 0. The van der Waals surface area contributed by atoms with E-state index in [-0.39, 0.29) is 23.9 Å². The van der Waals surface area contributed by atoms with E-state index in [1.54, 1.807) is 0 Å². The first-order chi connectivity index (χ1) is 12.5. The van der Waals surface area contributed by atoms with Crippen LogP contribution in [0.4, 0.5) is 0 Å². The lowest BCUT2D eigenvalue weighted by Crippen LogP contribution is -2.24. The molecule has 3 rings (SSSR count). The number of carbonyl (C=O) groups is 1. The van der Waals surface area contributed by atoms with Gasteiger partial charge in [-0.15, -0.1) is 10.2 Å². The number of aromatic nitrogens is 3. The summed E-state index contributed by atoms with van der Waals surface area (Å²) in [5.41, 5.74) is 5.58. The number of hydrogen-bond acceptors (Lipinski definition) is 4. The van der Waals surface area contributed by atoms with E-state index in [1.807, 2.05) is 63.2 Å². The van der Waals surface area contributed by atoms with Gasteiger partial charge in [0.1, 0.15) is 5.69 Å². The van der Waals surface area contributed by atoms with Crippen molar-refractivity contribution >= 4 is 5.91 Å². The van der Waals surface area contributed by atoms with E-state index in [2.05, 4.69) is 15.5 Å². The molecule has 0 aliphatic carbocycles. The highest BCUT2D eigenvalue weighted by Gasteiger charge is 2.18. The summed E-state index contributed by atoms with van der Waals surface area (Å²) in [5.74, 6) is -0.357. The number of benzene rings is 2. The molecule has 0 spiro atoms. The molecule has 0 saturated carbocycles. The second kappa shape index (κ2) is 7.49. The van der Waals surface area contributed by atoms with Crippen LogP contribution in [0.2, 0.25) is 0 Å². The van der Waals surface area contributed by atoms with Crippen LogP contribution in [0.15, 0.2) is 42.5 Å². The molecule has 0 radical (unpaired) electrons. The van der Waals surface area contributed by atoms with Crippen molar-refractivity contribution in [2.45, 2.75) is 33.9 Å². The summed E-state index contributed by atoms with van der Waals surface area (Å²) in [6.45, 7) is 6.09. The van der Waals surface area contributed by atoms with Crippen LogP contribution >= 0.6 is 0 Å². The molecule has 0 atom stereocenters. The summed E-state index contributed by atoms with van der Waals surface area (Å²) >= 11 is 0. The van der Waals surface area contributed by atoms with Gasteiger partial charge >= 0.3 is 0 Å². The second-order valence-corrected chi connectivity index (χ2v) is 6.38. The van der Waals surface area contributed by atoms with Gasteiger partial charge in [0, 0.05) is 6.54 Å². The minimum absolute atomic E-state index is 0.137. The fourth-order valence-electron chi connectivity index (χ4n) is 2.56. The highest BCUT2D eigenvalue weighted by atomic mass is 16.3. The van der Waals surface area contributed by atoms with Crippen molar-refractivity contribution in [2.24, 2.45) is 0 Å². The van der Waals surface area contributed by atoms with Crippen LogP contribution in [0.1, 0.15) is 38.4 Å². The molecular formula is C20H22N4O2. The predicted molar refractivity (Wildman–Crippen MR) is 99.1 cm³/mol. The lowest BCUT2D eigenvalue weighted by Gasteiger charge is -2.05. The number of aryl methyl sites for hydroxylation is 3. The summed E-state index contributed by atoms with van der Waals surface area (Å²) in [7, 11) is 0. The van der Waals surface area contributed by atoms with Gasteiger partial charge in [0.05, 0.1) is 12.3 Å². The lowest BCUT2D eigenvalue weighted by molar-refractivity contribution is 0.0942. The van der Waals surface area contributed by atoms with Gasteiger partial charge in [0.25, 0.3) is 5.91 Å². The summed E-state index contributed by atoms with van der Waals surface area (Å²) in [4.78, 5) is 13.9. The highest BCUT2D eigenvalue weighted by molar-refractivity contribution is 5.93. The Morgan fingerprint density at radius 3 is 2.42 bits per heavy atom. The zero-order valence-corrected chi connectivity index (χ0v) is 15.2. The second-order valence-electron chi connectivity index (χ2n) is 6.38. The smallest absolute Gasteiger partial charge is 0.274 e. The Kier molecular flexibility index (Phi) is 5.14. The van der Waals surface area contributed by atoms with Crippen molar-refractivity contribution in [3.63, 3.8) is 0 Å². The maximum absolute atomic E-state index is 12.5. The number of aliphatic hydroxyl groups excluding tert-OH is 1. The Balaban J connectivity index is 1.80. The standard InChI is InChI=1S/C20H22N4O2/c1-13-4-7-16(8-5-13)11-21-20(26)19-18(12-25)22-24(23-19)17-9-6-14(2)15(3)10-17/h4-10,25H,11-12H2,1-3H3,(H,21,26). The van der Waals surface area contributed by atoms with Gasteiger partial charge in [-0.25, -0.2) is 0 Å². The van der Waals surface area contributed by atoms with E-state index < -0.39 is 0 Å². The van der Waals surface area contributed by atoms with Gasteiger partial charge in [0.15, 0.2) is 5.69 Å². The number of rotatable bonds is 5. The molecule has 0 unspecified atom stereocenters. The monoisotopic (exact) mass is 350 g/mol. The normalized spacial score (nSPS) is 10.8. The first-order valence-corrected chi connectivity index (χ1v) is 8.46. The van der Waals surface area contributed by atoms with Crippen LogP contribution < -0.4 is 5.32 Å². The Bertz CT molecular complexity index is 929. The molecule has 1 aromatic heterocycles. The van der Waals surface area contributed by atoms with Gasteiger partial charge in [-0.05, 0) is 49.6 Å². The van der Waals surface area contributed by atoms with E-state index in [9.17, 15) is 9.90 Å². The maximum Gasteiger partial charge on any atom is 0.274 e. The summed E-state index contributed by atoms with van der Waals surface area (Å²) in [6, 6.07) is 13.7. The average molecular weight is 350 g/mol. The molecule has 1 heterocycles. The fourth-order valence-corrected chi connectivity index (χ4v) is 2.56. The first-order valence-electron chi connectivity index (χ1n) is 8.46. The SMILES string of the molecule is Cc1ccc(CNC(=O)c2nn(-c3ccc(C)c(C)c3)nc2CO)cc1. The van der Waals surface area contributed by atoms with Crippen molar-refractivity contribution < 1.29 is 9.90 Å². The molecule has 2 N–H and O–H groups in total. The summed E-state index contributed by atoms with van der Waals surface area (Å²) < 4.78 is 0. The van der Waals surface area contributed by atoms with Gasteiger partial charge < -0.3 is 10.4 Å². The van der Waals surface area contributed by atoms with Gasteiger partial charge in [0.2, 0.25) is 0 Å². The van der Waals surface area contributed by atoms with Crippen LogP contribution in [-0.2, 0) is 13.2 Å². The molecule has 0 aliphatic rings. The predicted octanol–water partition coefficient (Wildman–Crippen LogP) is 2.61. The van der Waals surface area contributed by atoms with E-state index in [0.29, 0.717) is 6.54 Å². The lowest BCUT2D eigenvalue weighted by atomic mass is 10.1. The number of nitrogens with zero attached hydrogens (tertiary/aromatic N) is 3. The third-order valence-electron chi connectivity index (χ3n) is 4.34. The largest absolute Gasteiger partial charge is 0.390 e. The van der Waals surface area contributed by atoms with Crippen molar-refractivity contribution in [3.8, 4) is 5.69 Å². The zero-order chi connectivity index (χ0) is 18.7. The van der Waals surface area contributed by atoms with Crippen molar-refractivity contribution in [3.05, 3.63) is 76.1 Å². The van der Waals surface area contributed by atoms with Crippen molar-refractivity contribution in [2.75, 3.05) is 0 Å². The zero-order valence-electron chi connectivity index (χ0n) is 15.2. The first kappa shape index (κ1) is 17.8. The maximum atomic E-state index is 12.5. The van der Waals surface area contributed by atoms with Crippen LogP contribution in [0.25, 0.3) is 5.69 Å². The number of hydrogen-bond donors (Lipinski definition) is 2. The number of aliphatic hydroxyl groups is 1. The molecule has 0 bridgehead atoms. The Labute approximate surface area is 152 Å². The molecule has 6 nitrogen and oxygen atoms in total. The molecule has 0 aliphatic heterocycles.